The van der Waals surface area contributed by atoms with Crippen LogP contribution in [0.15, 0.2) is 0 Å². The lowest BCUT2D eigenvalue weighted by molar-refractivity contribution is -0.141. The molecule has 0 amide bonds. The Balaban J connectivity index is 3.13. The molecule has 0 aromatic rings. The van der Waals surface area contributed by atoms with Gasteiger partial charge in [-0.25, -0.2) is 0 Å². The van der Waals surface area contributed by atoms with Crippen LogP contribution < -0.4 is 0 Å². The van der Waals surface area contributed by atoms with Crippen molar-refractivity contribution in [3.05, 3.63) is 0 Å². The van der Waals surface area contributed by atoms with Crippen molar-refractivity contribution in [1.82, 2.24) is 0 Å². The molecular weight excluding hydrogens is 152 g/mol. The normalized spacial score (nSPS) is 8.90. The van der Waals surface area contributed by atoms with E-state index in [0.29, 0.717) is 19.3 Å². The molecule has 10 heavy (non-hydrogen) atoms. The van der Waals surface area contributed by atoms with Crippen LogP contribution >= 0.6 is 12.6 Å². The highest BCUT2D eigenvalue weighted by atomic mass is 32.1. The van der Waals surface area contributed by atoms with Crippen molar-refractivity contribution >= 4 is 24.9 Å². The van der Waals surface area contributed by atoms with Crippen molar-refractivity contribution in [3.8, 4) is 0 Å². The number of ether oxygens (including phenoxy) is 1. The molecule has 0 fully saturated rings. The molecule has 0 aromatic heterocycles. The zero-order valence-electron chi connectivity index (χ0n) is 5.58. The molecule has 0 radical (unpaired) electrons. The van der Waals surface area contributed by atoms with E-state index in [1.807, 2.05) is 0 Å². The van der Waals surface area contributed by atoms with E-state index >= 15 is 0 Å². The molecule has 0 aliphatic carbocycles. The van der Waals surface area contributed by atoms with Crippen LogP contribution in [0.4, 0.5) is 0 Å². The fourth-order valence-electron chi connectivity index (χ4n) is 0.474. The topological polar surface area (TPSA) is 43.4 Å². The van der Waals surface area contributed by atoms with E-state index in [-0.39, 0.29) is 11.9 Å². The molecule has 0 aliphatic heterocycles. The molecule has 0 rings (SSSR count). The number of carbonyl (C=O) groups is 2. The number of unbranched alkanes of at least 4 members (excludes halogenated alkanes) is 1. The molecule has 4 heteroatoms. The Hall–Kier alpha value is -0.510. The van der Waals surface area contributed by atoms with E-state index in [1.165, 1.54) is 0 Å². The maximum absolute atomic E-state index is 10.5. The van der Waals surface area contributed by atoms with Crippen molar-refractivity contribution in [2.75, 3.05) is 5.94 Å². The van der Waals surface area contributed by atoms with E-state index in [1.54, 1.807) is 0 Å². The number of hydrogen-bond donors (Lipinski definition) is 1. The van der Waals surface area contributed by atoms with Crippen molar-refractivity contribution in [1.29, 1.82) is 0 Å². The summed E-state index contributed by atoms with van der Waals surface area (Å²) in [4.78, 5) is 20.3. The molecule has 0 aliphatic rings. The first-order chi connectivity index (χ1) is 4.81. The fraction of sp³-hybridized carbons (Fsp3) is 0.667. The van der Waals surface area contributed by atoms with Crippen molar-refractivity contribution < 1.29 is 14.3 Å². The summed E-state index contributed by atoms with van der Waals surface area (Å²) < 4.78 is 4.50. The molecule has 0 aromatic carbocycles. The van der Waals surface area contributed by atoms with Gasteiger partial charge in [-0.3, -0.25) is 4.79 Å². The molecule has 0 spiro atoms. The number of esters is 1. The minimum absolute atomic E-state index is 0.111. The largest absolute Gasteiger partial charge is 0.455 e. The molecule has 0 unspecified atom stereocenters. The Morgan fingerprint density at radius 1 is 1.60 bits per heavy atom. The van der Waals surface area contributed by atoms with Gasteiger partial charge < -0.3 is 9.53 Å². The monoisotopic (exact) mass is 162 g/mol. The van der Waals surface area contributed by atoms with Gasteiger partial charge in [0.2, 0.25) is 0 Å². The van der Waals surface area contributed by atoms with Crippen LogP contribution in [-0.2, 0) is 14.3 Å². The lowest BCUT2D eigenvalue weighted by Crippen LogP contribution is -2.02. The minimum Gasteiger partial charge on any atom is -0.455 e. The lowest BCUT2D eigenvalue weighted by atomic mass is 10.2. The summed E-state index contributed by atoms with van der Waals surface area (Å²) >= 11 is 3.69. The third-order valence-electron chi connectivity index (χ3n) is 0.928. The van der Waals surface area contributed by atoms with Gasteiger partial charge in [-0.15, -0.1) is 12.6 Å². The molecule has 0 bridgehead atoms. The first kappa shape index (κ1) is 9.49. The van der Waals surface area contributed by atoms with Crippen LogP contribution in [0.3, 0.4) is 0 Å². The number of thiol groups is 1. The average Bonchev–Trinajstić information content (AvgIpc) is 1.89. The maximum Gasteiger partial charge on any atom is 0.306 e. The number of aldehydes is 1. The van der Waals surface area contributed by atoms with Gasteiger partial charge in [0.05, 0.1) is 0 Å². The SMILES string of the molecule is O=CCCCC(=O)OCS. The Morgan fingerprint density at radius 2 is 2.30 bits per heavy atom. The summed E-state index contributed by atoms with van der Waals surface area (Å²) in [5, 5.41) is 0. The van der Waals surface area contributed by atoms with Gasteiger partial charge in [0.1, 0.15) is 12.2 Å². The van der Waals surface area contributed by atoms with Crippen LogP contribution in [0, 0.1) is 0 Å². The summed E-state index contributed by atoms with van der Waals surface area (Å²) in [7, 11) is 0. The number of rotatable bonds is 5. The lowest BCUT2D eigenvalue weighted by Gasteiger charge is -1.97. The van der Waals surface area contributed by atoms with Crippen LogP contribution in [0.5, 0.6) is 0 Å². The Bertz CT molecular complexity index is 114. The van der Waals surface area contributed by atoms with Gasteiger partial charge in [-0.05, 0) is 6.42 Å². The van der Waals surface area contributed by atoms with Crippen LogP contribution in [0.1, 0.15) is 19.3 Å². The predicted octanol–water partition coefficient (Wildman–Crippen LogP) is 0.786. The second kappa shape index (κ2) is 6.61. The highest BCUT2D eigenvalue weighted by molar-refractivity contribution is 7.80. The van der Waals surface area contributed by atoms with Crippen molar-refractivity contribution in [2.45, 2.75) is 19.3 Å². The van der Waals surface area contributed by atoms with E-state index in [9.17, 15) is 9.59 Å². The van der Waals surface area contributed by atoms with Gasteiger partial charge in [-0.2, -0.15) is 0 Å². The van der Waals surface area contributed by atoms with Gasteiger partial charge in [0.25, 0.3) is 0 Å². The molecule has 58 valence electrons. The van der Waals surface area contributed by atoms with Crippen LogP contribution in [0.2, 0.25) is 0 Å². The second-order valence-corrected chi connectivity index (χ2v) is 1.96. The summed E-state index contributed by atoms with van der Waals surface area (Å²) in [5.41, 5.74) is 0. The van der Waals surface area contributed by atoms with Crippen LogP contribution in [-0.4, -0.2) is 18.2 Å². The van der Waals surface area contributed by atoms with Gasteiger partial charge in [-0.1, -0.05) is 0 Å². The summed E-state index contributed by atoms with van der Waals surface area (Å²) in [6.07, 6.45) is 2.07. The van der Waals surface area contributed by atoms with E-state index in [0.717, 1.165) is 6.29 Å². The first-order valence-electron chi connectivity index (χ1n) is 3.01. The molecule has 0 saturated heterocycles. The average molecular weight is 162 g/mol. The summed E-state index contributed by atoms with van der Waals surface area (Å²) in [6, 6.07) is 0. The molecule has 0 heterocycles. The Morgan fingerprint density at radius 3 is 2.80 bits per heavy atom. The zero-order chi connectivity index (χ0) is 7.82. The Labute approximate surface area is 65.2 Å². The molecular formula is C6H10O3S. The van der Waals surface area contributed by atoms with Gasteiger partial charge >= 0.3 is 5.97 Å². The zero-order valence-corrected chi connectivity index (χ0v) is 6.47. The molecule has 0 saturated carbocycles. The maximum atomic E-state index is 10.5. The van der Waals surface area contributed by atoms with Crippen LogP contribution in [0.25, 0.3) is 0 Å². The van der Waals surface area contributed by atoms with Crippen molar-refractivity contribution in [3.63, 3.8) is 0 Å². The number of carbonyl (C=O) groups excluding carboxylic acids is 2. The highest BCUT2D eigenvalue weighted by Crippen LogP contribution is 1.95. The summed E-state index contributed by atoms with van der Waals surface area (Å²) in [5.74, 6) is -0.184. The van der Waals surface area contributed by atoms with E-state index in [4.69, 9.17) is 0 Å². The predicted molar refractivity (Wildman–Crippen MR) is 39.9 cm³/mol. The standard InChI is InChI=1S/C6H10O3S/c7-4-2-1-3-6(8)9-5-10/h4,10H,1-3,5H2. The van der Waals surface area contributed by atoms with Gasteiger partial charge in [0, 0.05) is 12.8 Å². The third-order valence-corrected chi connectivity index (χ3v) is 1.06. The highest BCUT2D eigenvalue weighted by Gasteiger charge is 1.99. The third kappa shape index (κ3) is 5.62. The van der Waals surface area contributed by atoms with E-state index < -0.39 is 0 Å². The molecule has 0 N–H and O–H groups in total. The van der Waals surface area contributed by atoms with Crippen molar-refractivity contribution in [2.24, 2.45) is 0 Å². The second-order valence-electron chi connectivity index (χ2n) is 1.70. The first-order valence-corrected chi connectivity index (χ1v) is 3.64. The Kier molecular flexibility index (Phi) is 6.27. The van der Waals surface area contributed by atoms with Gasteiger partial charge in [0.15, 0.2) is 0 Å². The smallest absolute Gasteiger partial charge is 0.306 e. The molecule has 0 atom stereocenters. The quantitative estimate of drug-likeness (QED) is 0.214. The molecule has 3 nitrogen and oxygen atoms in total. The fourth-order valence-corrected chi connectivity index (χ4v) is 0.618. The van der Waals surface area contributed by atoms with E-state index in [2.05, 4.69) is 17.4 Å². The minimum atomic E-state index is -0.295. The number of hydrogen-bond acceptors (Lipinski definition) is 4. The summed E-state index contributed by atoms with van der Waals surface area (Å²) in [6.45, 7) is 0.